The summed E-state index contributed by atoms with van der Waals surface area (Å²) in [7, 11) is 0. The van der Waals surface area contributed by atoms with Gasteiger partial charge in [0, 0.05) is 29.9 Å². The van der Waals surface area contributed by atoms with Gasteiger partial charge in [-0.2, -0.15) is 0 Å². The van der Waals surface area contributed by atoms with Crippen molar-refractivity contribution < 1.29 is 9.53 Å². The molecule has 0 spiro atoms. The molecule has 1 fully saturated rings. The van der Waals surface area contributed by atoms with Crippen LogP contribution in [0.25, 0.3) is 0 Å². The smallest absolute Gasteiger partial charge is 0.246 e. The molecule has 1 amide bonds. The number of carbonyl (C=O) groups excluding carboxylic acids is 1. The van der Waals surface area contributed by atoms with Crippen LogP contribution in [0, 0.1) is 0 Å². The maximum absolute atomic E-state index is 12.3. The summed E-state index contributed by atoms with van der Waals surface area (Å²) in [4.78, 5) is 14.6. The van der Waals surface area contributed by atoms with E-state index in [0.29, 0.717) is 5.82 Å². The van der Waals surface area contributed by atoms with E-state index in [0.717, 1.165) is 37.7 Å². The summed E-state index contributed by atoms with van der Waals surface area (Å²) >= 11 is 0. The molecule has 0 atom stereocenters. The highest BCUT2D eigenvalue weighted by Crippen LogP contribution is 2.20. The van der Waals surface area contributed by atoms with Crippen molar-refractivity contribution in [2.24, 2.45) is 0 Å². The number of amides is 1. The van der Waals surface area contributed by atoms with Crippen LogP contribution in [-0.2, 0) is 21.5 Å². The maximum atomic E-state index is 12.3. The molecule has 134 valence electrons. The Hall–Kier alpha value is -2.48. The number of tetrazole rings is 1. The summed E-state index contributed by atoms with van der Waals surface area (Å²) in [6.07, 6.45) is 0. The molecule has 0 saturated carbocycles. The normalized spacial score (nSPS) is 15.2. The third-order valence-electron chi connectivity index (χ3n) is 4.02. The first-order valence-electron chi connectivity index (χ1n) is 8.43. The molecule has 0 bridgehead atoms. The molecule has 3 rings (SSSR count). The zero-order chi connectivity index (χ0) is 17.9. The van der Waals surface area contributed by atoms with Gasteiger partial charge in [0.1, 0.15) is 6.54 Å². The van der Waals surface area contributed by atoms with Crippen LogP contribution >= 0.6 is 0 Å². The van der Waals surface area contributed by atoms with Gasteiger partial charge in [0.15, 0.2) is 5.82 Å². The fraction of sp³-hybridized carbons (Fsp3) is 0.529. The van der Waals surface area contributed by atoms with Gasteiger partial charge in [-0.15, -0.1) is 5.10 Å². The lowest BCUT2D eigenvalue weighted by molar-refractivity contribution is -0.117. The van der Waals surface area contributed by atoms with Crippen molar-refractivity contribution >= 4 is 17.3 Å². The number of anilines is 2. The minimum absolute atomic E-state index is 0.0881. The zero-order valence-electron chi connectivity index (χ0n) is 14.9. The van der Waals surface area contributed by atoms with Gasteiger partial charge in [-0.1, -0.05) is 20.8 Å². The number of aromatic nitrogens is 4. The van der Waals surface area contributed by atoms with E-state index >= 15 is 0 Å². The van der Waals surface area contributed by atoms with E-state index in [1.54, 1.807) is 0 Å². The molecule has 2 heterocycles. The van der Waals surface area contributed by atoms with E-state index in [1.807, 2.05) is 45.0 Å². The Morgan fingerprint density at radius 3 is 2.52 bits per heavy atom. The molecule has 1 saturated heterocycles. The number of nitrogens with zero attached hydrogens (tertiary/aromatic N) is 5. The van der Waals surface area contributed by atoms with Gasteiger partial charge in [0.05, 0.1) is 13.2 Å². The first kappa shape index (κ1) is 17.3. The first-order valence-corrected chi connectivity index (χ1v) is 8.43. The van der Waals surface area contributed by atoms with Crippen molar-refractivity contribution in [1.29, 1.82) is 0 Å². The van der Waals surface area contributed by atoms with Crippen molar-refractivity contribution in [2.75, 3.05) is 36.5 Å². The first-order chi connectivity index (χ1) is 11.9. The van der Waals surface area contributed by atoms with Crippen LogP contribution < -0.4 is 10.2 Å². The van der Waals surface area contributed by atoms with Crippen molar-refractivity contribution in [3.8, 4) is 0 Å². The molecule has 1 aliphatic rings. The number of rotatable bonds is 4. The second-order valence-electron chi connectivity index (χ2n) is 7.10. The molecule has 2 aromatic rings. The summed E-state index contributed by atoms with van der Waals surface area (Å²) in [5.74, 6) is 0.530. The van der Waals surface area contributed by atoms with Gasteiger partial charge in [0.2, 0.25) is 5.91 Å². The Morgan fingerprint density at radius 1 is 1.20 bits per heavy atom. The molecule has 0 unspecified atom stereocenters. The minimum atomic E-state index is -0.219. The van der Waals surface area contributed by atoms with Crippen molar-refractivity contribution in [3.63, 3.8) is 0 Å². The Bertz CT molecular complexity index is 713. The Morgan fingerprint density at radius 2 is 1.88 bits per heavy atom. The summed E-state index contributed by atoms with van der Waals surface area (Å²) < 4.78 is 6.90. The molecule has 1 N–H and O–H groups in total. The molecule has 0 aliphatic carbocycles. The molecule has 8 nitrogen and oxygen atoms in total. The highest BCUT2D eigenvalue weighted by Gasteiger charge is 2.23. The fourth-order valence-electron chi connectivity index (χ4n) is 2.76. The minimum Gasteiger partial charge on any atom is -0.378 e. The van der Waals surface area contributed by atoms with Gasteiger partial charge in [-0.25, -0.2) is 4.68 Å². The van der Waals surface area contributed by atoms with Crippen LogP contribution in [0.3, 0.4) is 0 Å². The second-order valence-corrected chi connectivity index (χ2v) is 7.10. The van der Waals surface area contributed by atoms with Crippen LogP contribution in [-0.4, -0.2) is 52.4 Å². The predicted molar refractivity (Wildman–Crippen MR) is 94.6 cm³/mol. The van der Waals surface area contributed by atoms with Crippen LogP contribution in [0.15, 0.2) is 24.3 Å². The van der Waals surface area contributed by atoms with Crippen LogP contribution in [0.2, 0.25) is 0 Å². The van der Waals surface area contributed by atoms with Crippen molar-refractivity contribution in [2.45, 2.75) is 32.7 Å². The highest BCUT2D eigenvalue weighted by atomic mass is 16.5. The number of hydrogen-bond acceptors (Lipinski definition) is 6. The van der Waals surface area contributed by atoms with Gasteiger partial charge < -0.3 is 15.0 Å². The van der Waals surface area contributed by atoms with Gasteiger partial charge in [-0.05, 0) is 34.7 Å². The number of morpholine rings is 1. The van der Waals surface area contributed by atoms with Gasteiger partial charge >= 0.3 is 0 Å². The number of hydrogen-bond donors (Lipinski definition) is 1. The molecule has 8 heteroatoms. The fourth-order valence-corrected chi connectivity index (χ4v) is 2.76. The molecule has 25 heavy (non-hydrogen) atoms. The van der Waals surface area contributed by atoms with E-state index in [9.17, 15) is 4.79 Å². The predicted octanol–water partition coefficient (Wildman–Crippen LogP) is 1.45. The lowest BCUT2D eigenvalue weighted by atomic mass is 9.96. The van der Waals surface area contributed by atoms with E-state index in [2.05, 4.69) is 25.7 Å². The zero-order valence-corrected chi connectivity index (χ0v) is 14.9. The van der Waals surface area contributed by atoms with Crippen LogP contribution in [0.1, 0.15) is 26.6 Å². The molecular formula is C17H24N6O2. The number of nitrogens with one attached hydrogen (secondary N) is 1. The van der Waals surface area contributed by atoms with Crippen LogP contribution in [0.5, 0.6) is 0 Å². The van der Waals surface area contributed by atoms with E-state index in [-0.39, 0.29) is 17.9 Å². The quantitative estimate of drug-likeness (QED) is 0.903. The summed E-state index contributed by atoms with van der Waals surface area (Å²) in [5, 5.41) is 14.5. The van der Waals surface area contributed by atoms with E-state index < -0.39 is 0 Å². The van der Waals surface area contributed by atoms with Crippen molar-refractivity contribution in [1.82, 2.24) is 20.2 Å². The topological polar surface area (TPSA) is 85.2 Å². The van der Waals surface area contributed by atoms with E-state index in [4.69, 9.17) is 4.74 Å². The standard InChI is InChI=1S/C17H24N6O2/c1-17(2,3)16-19-20-21-23(16)12-15(24)18-13-4-6-14(7-5-13)22-8-10-25-11-9-22/h4-7H,8-12H2,1-3H3,(H,18,24). The summed E-state index contributed by atoms with van der Waals surface area (Å²) in [6, 6.07) is 7.84. The maximum Gasteiger partial charge on any atom is 0.246 e. The second kappa shape index (κ2) is 7.18. The SMILES string of the molecule is CC(C)(C)c1nnnn1CC(=O)Nc1ccc(N2CCOCC2)cc1. The Labute approximate surface area is 147 Å². The largest absolute Gasteiger partial charge is 0.378 e. The average Bonchev–Trinajstić information content (AvgIpc) is 3.04. The number of benzene rings is 1. The van der Waals surface area contributed by atoms with E-state index in [1.165, 1.54) is 4.68 Å². The molecule has 1 aromatic carbocycles. The molecule has 1 aromatic heterocycles. The third kappa shape index (κ3) is 4.33. The monoisotopic (exact) mass is 344 g/mol. The summed E-state index contributed by atoms with van der Waals surface area (Å²) in [6.45, 7) is 9.40. The molecular weight excluding hydrogens is 320 g/mol. The van der Waals surface area contributed by atoms with Gasteiger partial charge in [-0.3, -0.25) is 4.79 Å². The number of ether oxygens (including phenoxy) is 1. The van der Waals surface area contributed by atoms with Gasteiger partial charge in [0.25, 0.3) is 0 Å². The Kier molecular flexibility index (Phi) is 4.98. The van der Waals surface area contributed by atoms with Crippen LogP contribution in [0.4, 0.5) is 11.4 Å². The lowest BCUT2D eigenvalue weighted by Crippen LogP contribution is -2.36. The van der Waals surface area contributed by atoms with Crippen molar-refractivity contribution in [3.05, 3.63) is 30.1 Å². The summed E-state index contributed by atoms with van der Waals surface area (Å²) in [5.41, 5.74) is 1.67. The average molecular weight is 344 g/mol. The lowest BCUT2D eigenvalue weighted by Gasteiger charge is -2.28. The highest BCUT2D eigenvalue weighted by molar-refractivity contribution is 5.90. The molecule has 0 radical (unpaired) electrons. The third-order valence-corrected chi connectivity index (χ3v) is 4.02. The number of carbonyl (C=O) groups is 1. The Balaban J connectivity index is 1.61. The molecule has 1 aliphatic heterocycles.